The summed E-state index contributed by atoms with van der Waals surface area (Å²) >= 11 is 0. The number of hydrogen-bond donors (Lipinski definition) is 1. The quantitative estimate of drug-likeness (QED) is 0.800. The molecular formula is C24H35N3O3. The highest BCUT2D eigenvalue weighted by atomic mass is 16.4. The van der Waals surface area contributed by atoms with E-state index in [0.29, 0.717) is 25.4 Å². The van der Waals surface area contributed by atoms with Crippen LogP contribution in [-0.2, 0) is 11.3 Å². The Balaban J connectivity index is 1.56. The molecule has 30 heavy (non-hydrogen) atoms. The molecule has 1 aromatic carbocycles. The van der Waals surface area contributed by atoms with Crippen LogP contribution in [0.5, 0.6) is 0 Å². The standard InChI is InChI=1S/C24H35N3O3/c1-2-26-21-12-8-9-13-22(21)27(24(26)30)20-14-15-25(17-19(20)23(28)29)16-18-10-6-4-3-5-7-11-18/h8-9,12-13,18-20H,2-7,10-11,14-17H2,1H3,(H,28,29)/t19-,20-/m0/s1. The highest BCUT2D eigenvalue weighted by Gasteiger charge is 2.38. The number of carboxylic acid groups (broad SMARTS) is 1. The zero-order valence-corrected chi connectivity index (χ0v) is 18.1. The van der Waals surface area contributed by atoms with E-state index in [1.807, 2.05) is 31.2 Å². The molecule has 1 aliphatic carbocycles. The molecule has 164 valence electrons. The minimum absolute atomic E-state index is 0.0802. The number of imidazole rings is 1. The zero-order chi connectivity index (χ0) is 21.1. The summed E-state index contributed by atoms with van der Waals surface area (Å²) in [6, 6.07) is 7.47. The predicted octanol–water partition coefficient (Wildman–Crippen LogP) is 4.13. The number of piperidine rings is 1. The Bertz CT molecular complexity index is 923. The van der Waals surface area contributed by atoms with Crippen LogP contribution < -0.4 is 5.69 Å². The van der Waals surface area contributed by atoms with Gasteiger partial charge in [-0.25, -0.2) is 4.79 Å². The Hall–Kier alpha value is -2.08. The van der Waals surface area contributed by atoms with E-state index in [-0.39, 0.29) is 11.7 Å². The first-order chi connectivity index (χ1) is 14.6. The lowest BCUT2D eigenvalue weighted by atomic mass is 9.88. The van der Waals surface area contributed by atoms with E-state index in [9.17, 15) is 14.7 Å². The highest BCUT2D eigenvalue weighted by molar-refractivity contribution is 5.77. The van der Waals surface area contributed by atoms with Crippen LogP contribution >= 0.6 is 0 Å². The fraction of sp³-hybridized carbons (Fsp3) is 0.667. The number of likely N-dealkylation sites (tertiary alicyclic amines) is 1. The fourth-order valence-corrected chi connectivity index (χ4v) is 5.67. The summed E-state index contributed by atoms with van der Waals surface area (Å²) in [4.78, 5) is 27.8. The Morgan fingerprint density at radius 2 is 1.70 bits per heavy atom. The van der Waals surface area contributed by atoms with Crippen molar-refractivity contribution in [2.24, 2.45) is 11.8 Å². The maximum atomic E-state index is 13.2. The maximum absolute atomic E-state index is 13.2. The van der Waals surface area contributed by atoms with Crippen molar-refractivity contribution in [1.29, 1.82) is 0 Å². The van der Waals surface area contributed by atoms with Crippen LogP contribution in [0.1, 0.15) is 64.3 Å². The number of fused-ring (bicyclic) bond motifs is 1. The molecule has 0 unspecified atom stereocenters. The number of aliphatic carboxylic acids is 1. The molecule has 0 spiro atoms. The summed E-state index contributed by atoms with van der Waals surface area (Å²) in [5, 5.41) is 10.1. The molecule has 1 saturated heterocycles. The molecule has 6 heteroatoms. The summed E-state index contributed by atoms with van der Waals surface area (Å²) in [6.45, 7) is 4.95. The molecule has 2 aromatic rings. The minimum atomic E-state index is -0.789. The first kappa shape index (κ1) is 21.2. The monoisotopic (exact) mass is 413 g/mol. The van der Waals surface area contributed by atoms with E-state index in [0.717, 1.165) is 24.1 Å². The van der Waals surface area contributed by atoms with E-state index in [2.05, 4.69) is 4.90 Å². The lowest BCUT2D eigenvalue weighted by Crippen LogP contribution is -2.48. The van der Waals surface area contributed by atoms with Crippen molar-refractivity contribution in [2.45, 2.75) is 70.9 Å². The first-order valence-electron chi connectivity index (χ1n) is 11.7. The van der Waals surface area contributed by atoms with Gasteiger partial charge in [-0.3, -0.25) is 13.9 Å². The number of para-hydroxylation sites is 2. The van der Waals surface area contributed by atoms with Gasteiger partial charge in [0.15, 0.2) is 0 Å². The minimum Gasteiger partial charge on any atom is -0.481 e. The van der Waals surface area contributed by atoms with Crippen LogP contribution in [0, 0.1) is 11.8 Å². The summed E-state index contributed by atoms with van der Waals surface area (Å²) in [5.74, 6) is -0.662. The zero-order valence-electron chi connectivity index (χ0n) is 18.1. The number of hydrogen-bond acceptors (Lipinski definition) is 3. The largest absolute Gasteiger partial charge is 0.481 e. The van der Waals surface area contributed by atoms with Gasteiger partial charge in [-0.05, 0) is 44.2 Å². The van der Waals surface area contributed by atoms with Crippen LogP contribution in [0.4, 0.5) is 0 Å². The third-order valence-electron chi connectivity index (χ3n) is 7.24. The average Bonchev–Trinajstić information content (AvgIpc) is 3.01. The second-order valence-corrected chi connectivity index (χ2v) is 9.16. The van der Waals surface area contributed by atoms with Crippen molar-refractivity contribution in [3.63, 3.8) is 0 Å². The topological polar surface area (TPSA) is 67.5 Å². The number of rotatable bonds is 5. The number of benzene rings is 1. The summed E-state index contributed by atoms with van der Waals surface area (Å²) < 4.78 is 3.53. The van der Waals surface area contributed by atoms with E-state index < -0.39 is 11.9 Å². The van der Waals surface area contributed by atoms with Crippen LogP contribution in [0.3, 0.4) is 0 Å². The van der Waals surface area contributed by atoms with Gasteiger partial charge in [0, 0.05) is 26.2 Å². The Morgan fingerprint density at radius 3 is 2.37 bits per heavy atom. The SMILES string of the molecule is CCn1c(=O)n([C@H]2CCN(CC3CCCCCCC3)C[C@@H]2C(=O)O)c2ccccc21. The number of aryl methyl sites for hydroxylation is 1. The maximum Gasteiger partial charge on any atom is 0.329 e. The number of aromatic nitrogens is 2. The van der Waals surface area contributed by atoms with Gasteiger partial charge in [-0.1, -0.05) is 44.2 Å². The molecular weight excluding hydrogens is 378 g/mol. The molecule has 6 nitrogen and oxygen atoms in total. The van der Waals surface area contributed by atoms with Crippen molar-refractivity contribution in [1.82, 2.24) is 14.0 Å². The van der Waals surface area contributed by atoms with E-state index in [1.165, 1.54) is 44.9 Å². The van der Waals surface area contributed by atoms with Crippen molar-refractivity contribution >= 4 is 17.0 Å². The highest BCUT2D eigenvalue weighted by Crippen LogP contribution is 2.32. The number of carbonyl (C=O) groups is 1. The fourth-order valence-electron chi connectivity index (χ4n) is 5.67. The second kappa shape index (κ2) is 9.38. The van der Waals surface area contributed by atoms with Crippen LogP contribution in [0.2, 0.25) is 0 Å². The predicted molar refractivity (Wildman–Crippen MR) is 119 cm³/mol. The van der Waals surface area contributed by atoms with E-state index in [4.69, 9.17) is 0 Å². The Kier molecular flexibility index (Phi) is 6.61. The molecule has 0 bridgehead atoms. The van der Waals surface area contributed by atoms with Crippen molar-refractivity contribution in [3.05, 3.63) is 34.7 Å². The lowest BCUT2D eigenvalue weighted by molar-refractivity contribution is -0.145. The normalized spacial score (nSPS) is 24.6. The molecule has 1 saturated carbocycles. The van der Waals surface area contributed by atoms with Gasteiger partial charge in [0.25, 0.3) is 0 Å². The van der Waals surface area contributed by atoms with Crippen LogP contribution in [0.25, 0.3) is 11.0 Å². The molecule has 1 aliphatic heterocycles. The molecule has 1 N–H and O–H groups in total. The lowest BCUT2D eigenvalue weighted by Gasteiger charge is -2.38. The molecule has 1 aromatic heterocycles. The molecule has 4 rings (SSSR count). The molecule has 2 fully saturated rings. The number of carboxylic acids is 1. The average molecular weight is 414 g/mol. The van der Waals surface area contributed by atoms with E-state index in [1.54, 1.807) is 9.13 Å². The van der Waals surface area contributed by atoms with Crippen LogP contribution in [-0.4, -0.2) is 44.7 Å². The first-order valence-corrected chi connectivity index (χ1v) is 11.7. The molecule has 0 amide bonds. The van der Waals surface area contributed by atoms with E-state index >= 15 is 0 Å². The van der Waals surface area contributed by atoms with Gasteiger partial charge in [0.1, 0.15) is 0 Å². The number of nitrogens with zero attached hydrogens (tertiary/aromatic N) is 3. The Morgan fingerprint density at radius 1 is 1.03 bits per heavy atom. The summed E-state index contributed by atoms with van der Waals surface area (Å²) in [6.07, 6.45) is 9.87. The third-order valence-corrected chi connectivity index (χ3v) is 7.24. The second-order valence-electron chi connectivity index (χ2n) is 9.16. The van der Waals surface area contributed by atoms with Crippen molar-refractivity contribution < 1.29 is 9.90 Å². The van der Waals surface area contributed by atoms with Crippen molar-refractivity contribution in [2.75, 3.05) is 19.6 Å². The van der Waals surface area contributed by atoms with Gasteiger partial charge in [0.05, 0.1) is 23.0 Å². The Labute approximate surface area is 178 Å². The van der Waals surface area contributed by atoms with Gasteiger partial charge in [-0.2, -0.15) is 0 Å². The molecule has 2 heterocycles. The summed E-state index contributed by atoms with van der Waals surface area (Å²) in [7, 11) is 0. The third kappa shape index (κ3) is 4.20. The summed E-state index contributed by atoms with van der Waals surface area (Å²) in [5.41, 5.74) is 1.67. The van der Waals surface area contributed by atoms with Gasteiger partial charge < -0.3 is 10.0 Å². The smallest absolute Gasteiger partial charge is 0.329 e. The van der Waals surface area contributed by atoms with Gasteiger partial charge in [-0.15, -0.1) is 0 Å². The molecule has 0 radical (unpaired) electrons. The van der Waals surface area contributed by atoms with Crippen LogP contribution in [0.15, 0.2) is 29.1 Å². The van der Waals surface area contributed by atoms with Gasteiger partial charge in [0.2, 0.25) is 0 Å². The molecule has 2 atom stereocenters. The van der Waals surface area contributed by atoms with Crippen molar-refractivity contribution in [3.8, 4) is 0 Å². The van der Waals surface area contributed by atoms with Gasteiger partial charge >= 0.3 is 11.7 Å². The molecule has 2 aliphatic rings.